The van der Waals surface area contributed by atoms with Crippen LogP contribution in [-0.4, -0.2) is 46.5 Å². The summed E-state index contributed by atoms with van der Waals surface area (Å²) in [7, 11) is 0. The first-order chi connectivity index (χ1) is 10.5. The molecule has 0 bridgehead atoms. The minimum absolute atomic E-state index is 0.161. The second kappa shape index (κ2) is 6.38. The lowest BCUT2D eigenvalue weighted by Crippen LogP contribution is -2.47. The number of ether oxygens (including phenoxy) is 2. The Morgan fingerprint density at radius 1 is 1.13 bits per heavy atom. The zero-order chi connectivity index (χ0) is 17.4. The molecule has 2 atom stereocenters. The van der Waals surface area contributed by atoms with E-state index in [-0.39, 0.29) is 23.2 Å². The number of thioether (sulfide) groups is 1. The number of carbonyl (C=O) groups excluding carboxylic acids is 2. The average molecular weight is 341 g/mol. The van der Waals surface area contributed by atoms with Gasteiger partial charge in [-0.25, -0.2) is 9.59 Å². The molecule has 0 aromatic rings. The van der Waals surface area contributed by atoms with Gasteiger partial charge in [0.05, 0.1) is 0 Å². The number of carbonyl (C=O) groups is 2. The van der Waals surface area contributed by atoms with Gasteiger partial charge in [-0.15, -0.1) is 11.8 Å². The zero-order valence-electron chi connectivity index (χ0n) is 14.8. The Balaban J connectivity index is 1.95. The molecule has 130 valence electrons. The molecule has 2 aliphatic rings. The summed E-state index contributed by atoms with van der Waals surface area (Å²) in [5, 5.41) is 2.11. The maximum absolute atomic E-state index is 12.3. The van der Waals surface area contributed by atoms with E-state index in [1.54, 1.807) is 16.7 Å². The van der Waals surface area contributed by atoms with Gasteiger partial charge in [0.25, 0.3) is 0 Å². The van der Waals surface area contributed by atoms with E-state index in [0.29, 0.717) is 13.1 Å². The van der Waals surface area contributed by atoms with Crippen molar-refractivity contribution in [3.63, 3.8) is 0 Å². The summed E-state index contributed by atoms with van der Waals surface area (Å²) in [6.45, 7) is 12.4. The lowest BCUT2D eigenvalue weighted by atomic mass is 9.90. The highest BCUT2D eigenvalue weighted by molar-refractivity contribution is 8.03. The predicted octanol–water partition coefficient (Wildman–Crippen LogP) is 3.58. The highest BCUT2D eigenvalue weighted by Gasteiger charge is 2.41. The standard InChI is InChI=1S/C17H27NO4S/c1-16(2,3)21-14(19)12-10-23-13-9-18(8-7-11(12)13)15(20)22-17(4,5)6/h10-11,13H,7-9H2,1-6H3. The van der Waals surface area contributed by atoms with Gasteiger partial charge in [-0.05, 0) is 53.4 Å². The van der Waals surface area contributed by atoms with Crippen molar-refractivity contribution in [3.05, 3.63) is 11.0 Å². The third kappa shape index (κ3) is 4.90. The topological polar surface area (TPSA) is 55.8 Å². The maximum Gasteiger partial charge on any atom is 0.410 e. The molecule has 2 aliphatic heterocycles. The van der Waals surface area contributed by atoms with Crippen LogP contribution in [0.1, 0.15) is 48.0 Å². The Bertz CT molecular complexity index is 516. The van der Waals surface area contributed by atoms with Crippen LogP contribution in [0.25, 0.3) is 0 Å². The van der Waals surface area contributed by atoms with Gasteiger partial charge in [-0.3, -0.25) is 0 Å². The molecule has 2 unspecified atom stereocenters. The molecule has 1 saturated heterocycles. The normalized spacial score (nSPS) is 24.8. The van der Waals surface area contributed by atoms with Crippen molar-refractivity contribution in [2.24, 2.45) is 5.92 Å². The molecule has 1 amide bonds. The molecule has 0 N–H and O–H groups in total. The van der Waals surface area contributed by atoms with E-state index in [0.717, 1.165) is 12.0 Å². The number of nitrogens with zero attached hydrogens (tertiary/aromatic N) is 1. The first kappa shape index (κ1) is 18.2. The summed E-state index contributed by atoms with van der Waals surface area (Å²) in [5.41, 5.74) is -0.229. The van der Waals surface area contributed by atoms with E-state index in [1.807, 2.05) is 47.0 Å². The third-order valence-electron chi connectivity index (χ3n) is 3.61. The molecule has 6 heteroatoms. The lowest BCUT2D eigenvalue weighted by molar-refractivity contribution is -0.150. The van der Waals surface area contributed by atoms with E-state index in [9.17, 15) is 9.59 Å². The highest BCUT2D eigenvalue weighted by atomic mass is 32.2. The van der Waals surface area contributed by atoms with Crippen molar-refractivity contribution >= 4 is 23.8 Å². The largest absolute Gasteiger partial charge is 0.457 e. The van der Waals surface area contributed by atoms with Crippen molar-refractivity contribution in [2.75, 3.05) is 13.1 Å². The van der Waals surface area contributed by atoms with Crippen LogP contribution in [-0.2, 0) is 14.3 Å². The summed E-state index contributed by atoms with van der Waals surface area (Å²) in [6, 6.07) is 0. The summed E-state index contributed by atoms with van der Waals surface area (Å²) in [6.07, 6.45) is 0.490. The third-order valence-corrected chi connectivity index (χ3v) is 4.83. The van der Waals surface area contributed by atoms with Gasteiger partial charge in [0.15, 0.2) is 0 Å². The van der Waals surface area contributed by atoms with Crippen LogP contribution in [0.5, 0.6) is 0 Å². The fraction of sp³-hybridized carbons (Fsp3) is 0.765. The van der Waals surface area contributed by atoms with Crippen LogP contribution in [0.2, 0.25) is 0 Å². The van der Waals surface area contributed by atoms with Crippen molar-refractivity contribution in [1.82, 2.24) is 4.90 Å². The van der Waals surface area contributed by atoms with E-state index < -0.39 is 11.2 Å². The zero-order valence-corrected chi connectivity index (χ0v) is 15.7. The molecule has 23 heavy (non-hydrogen) atoms. The second-order valence-corrected chi connectivity index (χ2v) is 9.18. The molecule has 0 spiro atoms. The average Bonchev–Trinajstić information content (AvgIpc) is 2.77. The molecule has 0 saturated carbocycles. The van der Waals surface area contributed by atoms with Gasteiger partial charge in [0.2, 0.25) is 0 Å². The van der Waals surface area contributed by atoms with Crippen LogP contribution in [0, 0.1) is 5.92 Å². The van der Waals surface area contributed by atoms with Crippen LogP contribution < -0.4 is 0 Å². The fourth-order valence-corrected chi connectivity index (χ4v) is 4.02. The van der Waals surface area contributed by atoms with E-state index in [2.05, 4.69) is 0 Å². The highest BCUT2D eigenvalue weighted by Crippen LogP contribution is 2.42. The molecule has 2 heterocycles. The molecule has 5 nitrogen and oxygen atoms in total. The number of amides is 1. The van der Waals surface area contributed by atoms with Gasteiger partial charge in [-0.1, -0.05) is 0 Å². The van der Waals surface area contributed by atoms with E-state index >= 15 is 0 Å². The fourth-order valence-electron chi connectivity index (χ4n) is 2.69. The Kier molecular flexibility index (Phi) is 5.04. The first-order valence-electron chi connectivity index (χ1n) is 8.03. The van der Waals surface area contributed by atoms with Crippen molar-refractivity contribution in [3.8, 4) is 0 Å². The van der Waals surface area contributed by atoms with Crippen molar-refractivity contribution < 1.29 is 19.1 Å². The molecule has 0 radical (unpaired) electrons. The smallest absolute Gasteiger partial charge is 0.410 e. The number of esters is 1. The molecular formula is C17H27NO4S. The minimum Gasteiger partial charge on any atom is -0.457 e. The number of rotatable bonds is 1. The Morgan fingerprint density at radius 3 is 2.30 bits per heavy atom. The molecule has 2 rings (SSSR count). The van der Waals surface area contributed by atoms with Crippen LogP contribution in [0.4, 0.5) is 4.79 Å². The number of hydrogen-bond donors (Lipinski definition) is 0. The summed E-state index contributed by atoms with van der Waals surface area (Å²) in [5.74, 6) is -0.0724. The molecule has 1 fully saturated rings. The number of hydrogen-bond acceptors (Lipinski definition) is 5. The van der Waals surface area contributed by atoms with Gasteiger partial charge in [0.1, 0.15) is 11.2 Å². The lowest BCUT2D eigenvalue weighted by Gasteiger charge is -2.36. The quantitative estimate of drug-likeness (QED) is 0.682. The molecule has 0 aromatic carbocycles. The molecule has 0 aliphatic carbocycles. The summed E-state index contributed by atoms with van der Waals surface area (Å²) in [4.78, 5) is 26.2. The Hall–Kier alpha value is -1.17. The second-order valence-electron chi connectivity index (χ2n) is 8.07. The monoisotopic (exact) mass is 341 g/mol. The van der Waals surface area contributed by atoms with E-state index in [4.69, 9.17) is 9.47 Å². The Morgan fingerprint density at radius 2 is 1.74 bits per heavy atom. The van der Waals surface area contributed by atoms with E-state index in [1.165, 1.54) is 0 Å². The summed E-state index contributed by atoms with van der Waals surface area (Å²) < 4.78 is 10.9. The molecular weight excluding hydrogens is 314 g/mol. The minimum atomic E-state index is -0.489. The van der Waals surface area contributed by atoms with Crippen molar-refractivity contribution in [2.45, 2.75) is 64.4 Å². The van der Waals surface area contributed by atoms with Crippen LogP contribution in [0.3, 0.4) is 0 Å². The Labute approximate surface area is 142 Å². The van der Waals surface area contributed by atoms with Crippen molar-refractivity contribution in [1.29, 1.82) is 0 Å². The van der Waals surface area contributed by atoms with Crippen LogP contribution in [0.15, 0.2) is 11.0 Å². The predicted molar refractivity (Wildman–Crippen MR) is 91.2 cm³/mol. The van der Waals surface area contributed by atoms with Crippen LogP contribution >= 0.6 is 11.8 Å². The van der Waals surface area contributed by atoms with Gasteiger partial charge >= 0.3 is 12.1 Å². The van der Waals surface area contributed by atoms with Gasteiger partial charge in [0, 0.05) is 29.8 Å². The SMILES string of the molecule is CC(C)(C)OC(=O)C1=CSC2CN(C(=O)OC(C)(C)C)CCC12. The summed E-state index contributed by atoms with van der Waals surface area (Å²) >= 11 is 1.62. The number of likely N-dealkylation sites (tertiary alicyclic amines) is 1. The van der Waals surface area contributed by atoms with Gasteiger partial charge < -0.3 is 14.4 Å². The van der Waals surface area contributed by atoms with Gasteiger partial charge in [-0.2, -0.15) is 0 Å². The number of fused-ring (bicyclic) bond motifs is 1. The maximum atomic E-state index is 12.3. The number of piperidine rings is 1. The first-order valence-corrected chi connectivity index (χ1v) is 8.97. The molecule has 0 aromatic heterocycles.